The van der Waals surface area contributed by atoms with Crippen molar-refractivity contribution in [2.45, 2.75) is 90.1 Å². The average Bonchev–Trinajstić information content (AvgIpc) is 2.85. The largest absolute Gasteiger partial charge is 0.415 e. The quantitative estimate of drug-likeness (QED) is 0.334. The molecule has 0 saturated carbocycles. The van der Waals surface area contributed by atoms with Crippen LogP contribution in [0.25, 0.3) is 0 Å². The minimum absolute atomic E-state index is 0.0503. The topological polar surface area (TPSA) is 59.1 Å². The van der Waals surface area contributed by atoms with E-state index in [-0.39, 0.29) is 34.9 Å². The first kappa shape index (κ1) is 27.5. The van der Waals surface area contributed by atoms with Crippen molar-refractivity contribution in [1.29, 1.82) is 0 Å². The zero-order chi connectivity index (χ0) is 27.0. The van der Waals surface area contributed by atoms with Crippen molar-refractivity contribution in [1.82, 2.24) is 9.80 Å². The number of ether oxygens (including phenoxy) is 1. The first-order chi connectivity index (χ1) is 17.4. The molecule has 7 heteroatoms. The van der Waals surface area contributed by atoms with Crippen LogP contribution in [-0.2, 0) is 31.9 Å². The van der Waals surface area contributed by atoms with Crippen LogP contribution in [0.5, 0.6) is 0 Å². The van der Waals surface area contributed by atoms with Gasteiger partial charge in [-0.1, -0.05) is 95.3 Å². The van der Waals surface area contributed by atoms with Crippen LogP contribution >= 0.6 is 0 Å². The van der Waals surface area contributed by atoms with Crippen molar-refractivity contribution < 1.29 is 18.8 Å². The molecule has 0 unspecified atom stereocenters. The van der Waals surface area contributed by atoms with Crippen LogP contribution in [0.4, 0.5) is 0 Å². The van der Waals surface area contributed by atoms with Gasteiger partial charge in [-0.15, -0.1) is 0 Å². The second-order valence-electron chi connectivity index (χ2n) is 12.2. The van der Waals surface area contributed by atoms with E-state index in [1.165, 1.54) is 0 Å². The van der Waals surface area contributed by atoms with Crippen molar-refractivity contribution in [3.8, 4) is 0 Å². The predicted molar refractivity (Wildman–Crippen MR) is 148 cm³/mol. The highest BCUT2D eigenvalue weighted by Crippen LogP contribution is 2.41. The van der Waals surface area contributed by atoms with E-state index in [0.717, 1.165) is 11.1 Å². The molecule has 4 rings (SSSR count). The lowest BCUT2D eigenvalue weighted by Gasteiger charge is -2.59. The van der Waals surface area contributed by atoms with Gasteiger partial charge in [0.15, 0.2) is 14.4 Å². The molecule has 37 heavy (non-hydrogen) atoms. The third-order valence-electron chi connectivity index (χ3n) is 8.31. The second kappa shape index (κ2) is 10.7. The molecule has 0 aromatic heterocycles. The SMILES string of the molecule is CC(C)[C@@H]1[C@@H](CO[Si](C)(C)C(C)(C)C)N(Cc2ccccc2)C(=O)[C@H]2[C@H](OCc3ccccc3)C(=O)N12. The average molecular weight is 523 g/mol. The lowest BCUT2D eigenvalue weighted by atomic mass is 9.81. The van der Waals surface area contributed by atoms with Gasteiger partial charge in [-0.25, -0.2) is 0 Å². The van der Waals surface area contributed by atoms with E-state index >= 15 is 0 Å². The summed E-state index contributed by atoms with van der Waals surface area (Å²) in [5.41, 5.74) is 2.05. The number of hydrogen-bond donors (Lipinski definition) is 0. The van der Waals surface area contributed by atoms with E-state index in [9.17, 15) is 9.59 Å². The Balaban J connectivity index is 1.63. The minimum atomic E-state index is -2.06. The van der Waals surface area contributed by atoms with Gasteiger partial charge < -0.3 is 19.0 Å². The molecule has 2 amide bonds. The van der Waals surface area contributed by atoms with Crippen molar-refractivity contribution in [3.05, 3.63) is 71.8 Å². The van der Waals surface area contributed by atoms with E-state index in [4.69, 9.17) is 9.16 Å². The van der Waals surface area contributed by atoms with E-state index in [0.29, 0.717) is 19.8 Å². The van der Waals surface area contributed by atoms with Crippen LogP contribution < -0.4 is 0 Å². The van der Waals surface area contributed by atoms with Gasteiger partial charge in [0, 0.05) is 6.54 Å². The molecule has 2 heterocycles. The van der Waals surface area contributed by atoms with Crippen LogP contribution in [0.15, 0.2) is 60.7 Å². The van der Waals surface area contributed by atoms with Gasteiger partial charge in [-0.05, 0) is 35.2 Å². The predicted octanol–water partition coefficient (Wildman–Crippen LogP) is 5.24. The Hall–Kier alpha value is -2.48. The maximum atomic E-state index is 14.1. The normalized spacial score (nSPS) is 24.3. The molecule has 2 aliphatic rings. The van der Waals surface area contributed by atoms with Crippen molar-refractivity contribution in [2.24, 2.45) is 5.92 Å². The fourth-order valence-electron chi connectivity index (χ4n) is 5.13. The van der Waals surface area contributed by atoms with Gasteiger partial charge >= 0.3 is 0 Å². The third kappa shape index (κ3) is 5.54. The number of nitrogens with zero attached hydrogens (tertiary/aromatic N) is 2. The molecule has 2 saturated heterocycles. The first-order valence-corrected chi connectivity index (χ1v) is 16.3. The second-order valence-corrected chi connectivity index (χ2v) is 17.0. The maximum absolute atomic E-state index is 14.1. The lowest BCUT2D eigenvalue weighted by molar-refractivity contribution is -0.207. The number of hydrogen-bond acceptors (Lipinski definition) is 4. The van der Waals surface area contributed by atoms with E-state index in [1.54, 1.807) is 4.90 Å². The molecule has 0 spiro atoms. The van der Waals surface area contributed by atoms with Crippen molar-refractivity contribution in [2.75, 3.05) is 6.61 Å². The van der Waals surface area contributed by atoms with Gasteiger partial charge in [0.25, 0.3) is 5.91 Å². The number of carbonyl (C=O) groups excluding carboxylic acids is 2. The third-order valence-corrected chi connectivity index (χ3v) is 12.8. The van der Waals surface area contributed by atoms with Gasteiger partial charge in [0.05, 0.1) is 25.3 Å². The van der Waals surface area contributed by atoms with Crippen molar-refractivity contribution in [3.63, 3.8) is 0 Å². The zero-order valence-corrected chi connectivity index (χ0v) is 24.3. The molecule has 0 aliphatic carbocycles. The van der Waals surface area contributed by atoms with Crippen LogP contribution in [0, 0.1) is 5.92 Å². The minimum Gasteiger partial charge on any atom is -0.415 e. The molecule has 2 aromatic carbocycles. The maximum Gasteiger partial charge on any atom is 0.255 e. The highest BCUT2D eigenvalue weighted by molar-refractivity contribution is 6.74. The molecule has 6 nitrogen and oxygen atoms in total. The molecule has 0 bridgehead atoms. The van der Waals surface area contributed by atoms with E-state index < -0.39 is 20.5 Å². The Morgan fingerprint density at radius 3 is 2.00 bits per heavy atom. The molecule has 2 aromatic rings. The summed E-state index contributed by atoms with van der Waals surface area (Å²) in [6.45, 7) is 16.6. The molecule has 2 fully saturated rings. The molecule has 0 radical (unpaired) electrons. The molecule has 0 N–H and O–H groups in total. The first-order valence-electron chi connectivity index (χ1n) is 13.4. The van der Waals surface area contributed by atoms with Crippen LogP contribution in [-0.4, -0.2) is 60.8 Å². The number of amides is 2. The van der Waals surface area contributed by atoms with Crippen LogP contribution in [0.3, 0.4) is 0 Å². The fraction of sp³-hybridized carbons (Fsp3) is 0.533. The monoisotopic (exact) mass is 522 g/mol. The summed E-state index contributed by atoms with van der Waals surface area (Å²) in [4.78, 5) is 31.3. The van der Waals surface area contributed by atoms with Crippen LogP contribution in [0.1, 0.15) is 45.7 Å². The summed E-state index contributed by atoms with van der Waals surface area (Å²) in [6.07, 6.45) is -0.755. The van der Waals surface area contributed by atoms with Crippen molar-refractivity contribution >= 4 is 20.1 Å². The lowest BCUT2D eigenvalue weighted by Crippen LogP contribution is -2.81. The molecule has 200 valence electrons. The van der Waals surface area contributed by atoms with Gasteiger partial charge in [-0.2, -0.15) is 0 Å². The molecular formula is C30H42N2O4Si. The smallest absolute Gasteiger partial charge is 0.255 e. The van der Waals surface area contributed by atoms with Gasteiger partial charge in [0.2, 0.25) is 5.91 Å². The zero-order valence-electron chi connectivity index (χ0n) is 23.3. The Labute approximate surface area is 223 Å². The van der Waals surface area contributed by atoms with E-state index in [2.05, 4.69) is 47.7 Å². The van der Waals surface area contributed by atoms with Crippen LogP contribution in [0.2, 0.25) is 18.1 Å². The molecule has 4 atom stereocenters. The summed E-state index contributed by atoms with van der Waals surface area (Å²) in [7, 11) is -2.06. The standard InChI is InChI=1S/C30H42N2O4Si/c1-21(2)25-24(20-36-37(6,7)30(3,4)5)31(18-22-14-10-8-11-15-22)28(33)26-27(29(34)32(25)26)35-19-23-16-12-9-13-17-23/h8-17,21,24-27H,18-20H2,1-7H3/t24-,25-,26-,27+/m1/s1. The molecule has 2 aliphatic heterocycles. The highest BCUT2D eigenvalue weighted by atomic mass is 28.4. The summed E-state index contributed by atoms with van der Waals surface area (Å²) in [6, 6.07) is 18.9. The Bertz CT molecular complexity index is 1080. The summed E-state index contributed by atoms with van der Waals surface area (Å²) in [5.74, 6) is 0.00725. The Morgan fingerprint density at radius 1 is 0.892 bits per heavy atom. The van der Waals surface area contributed by atoms with Gasteiger partial charge in [0.1, 0.15) is 6.04 Å². The number of fused-ring (bicyclic) bond motifs is 1. The fourth-order valence-corrected chi connectivity index (χ4v) is 6.15. The summed E-state index contributed by atoms with van der Waals surface area (Å²) < 4.78 is 12.8. The number of benzene rings is 2. The summed E-state index contributed by atoms with van der Waals surface area (Å²) >= 11 is 0. The Morgan fingerprint density at radius 2 is 1.46 bits per heavy atom. The number of rotatable bonds is 9. The van der Waals surface area contributed by atoms with Gasteiger partial charge in [-0.3, -0.25) is 9.59 Å². The van der Waals surface area contributed by atoms with E-state index in [1.807, 2.05) is 65.6 Å². The molecular weight excluding hydrogens is 480 g/mol. The highest BCUT2D eigenvalue weighted by Gasteiger charge is 2.62. The summed E-state index contributed by atoms with van der Waals surface area (Å²) in [5, 5.41) is 0.0503. The number of β-lactam (4-membered cyclic amide) rings is 1. The Kier molecular flexibility index (Phi) is 7.98. The number of carbonyl (C=O) groups is 2. The number of piperazine rings is 1.